The Hall–Kier alpha value is -1.80. The van der Waals surface area contributed by atoms with Gasteiger partial charge in [0.2, 0.25) is 0 Å². The van der Waals surface area contributed by atoms with E-state index in [1.807, 2.05) is 0 Å². The summed E-state index contributed by atoms with van der Waals surface area (Å²) in [6.07, 6.45) is 3.90. The van der Waals surface area contributed by atoms with E-state index in [4.69, 9.17) is 4.74 Å². The van der Waals surface area contributed by atoms with Gasteiger partial charge in [-0.05, 0) is 54.4 Å². The molecule has 0 spiro atoms. The molecular formula is C21H25NO. The van der Waals surface area contributed by atoms with Crippen molar-refractivity contribution < 1.29 is 4.74 Å². The van der Waals surface area contributed by atoms with E-state index in [-0.39, 0.29) is 0 Å². The Bertz CT molecular complexity index is 616. The quantitative estimate of drug-likeness (QED) is 0.818. The molecule has 1 saturated heterocycles. The molecule has 1 aliphatic carbocycles. The molecule has 120 valence electrons. The maximum atomic E-state index is 5.43. The summed E-state index contributed by atoms with van der Waals surface area (Å²) in [6.45, 7) is 3.74. The lowest BCUT2D eigenvalue weighted by Gasteiger charge is -2.28. The van der Waals surface area contributed by atoms with Crippen molar-refractivity contribution in [3.8, 4) is 0 Å². The van der Waals surface area contributed by atoms with Crippen LogP contribution in [0.25, 0.3) is 0 Å². The van der Waals surface area contributed by atoms with Crippen LogP contribution in [0.2, 0.25) is 0 Å². The zero-order valence-electron chi connectivity index (χ0n) is 13.7. The first-order valence-corrected chi connectivity index (χ1v) is 8.87. The monoisotopic (exact) mass is 307 g/mol. The van der Waals surface area contributed by atoms with Crippen molar-refractivity contribution >= 4 is 5.69 Å². The van der Waals surface area contributed by atoms with Crippen LogP contribution in [0, 0.1) is 5.92 Å². The average molecular weight is 307 g/mol. The zero-order valence-corrected chi connectivity index (χ0v) is 13.7. The molecule has 0 bridgehead atoms. The summed E-state index contributed by atoms with van der Waals surface area (Å²) in [5.74, 6) is 1.67. The lowest BCUT2D eigenvalue weighted by atomic mass is 10.0. The fourth-order valence-corrected chi connectivity index (χ4v) is 3.73. The van der Waals surface area contributed by atoms with Gasteiger partial charge in [0.15, 0.2) is 0 Å². The van der Waals surface area contributed by atoms with Gasteiger partial charge in [-0.25, -0.2) is 0 Å². The van der Waals surface area contributed by atoms with Gasteiger partial charge in [-0.2, -0.15) is 0 Å². The molecule has 1 saturated carbocycles. The third-order valence-electron chi connectivity index (χ3n) is 5.27. The van der Waals surface area contributed by atoms with Gasteiger partial charge in [0, 0.05) is 18.8 Å². The van der Waals surface area contributed by atoms with E-state index in [0.717, 1.165) is 38.1 Å². The standard InChI is InChI=1S/C21H25NO/c1-2-4-17(5-3-1)6-7-19-16-21(19)18-8-10-20(11-9-18)22-12-14-23-15-13-22/h1-5,8-11,19,21H,6-7,12-16H2/t19-,21+/m0/s1. The van der Waals surface area contributed by atoms with Crippen LogP contribution >= 0.6 is 0 Å². The van der Waals surface area contributed by atoms with Crippen LogP contribution in [0.15, 0.2) is 54.6 Å². The van der Waals surface area contributed by atoms with Crippen LogP contribution in [0.1, 0.15) is 29.9 Å². The predicted octanol–water partition coefficient (Wildman–Crippen LogP) is 4.26. The molecule has 1 heterocycles. The fraction of sp³-hybridized carbons (Fsp3) is 0.429. The molecule has 2 aromatic rings. The molecule has 4 rings (SSSR count). The largest absolute Gasteiger partial charge is 0.378 e. The minimum absolute atomic E-state index is 0.789. The summed E-state index contributed by atoms with van der Waals surface area (Å²) in [7, 11) is 0. The van der Waals surface area contributed by atoms with Gasteiger partial charge in [0.1, 0.15) is 0 Å². The first-order chi connectivity index (χ1) is 11.4. The van der Waals surface area contributed by atoms with Gasteiger partial charge in [-0.3, -0.25) is 0 Å². The minimum Gasteiger partial charge on any atom is -0.378 e. The lowest BCUT2D eigenvalue weighted by molar-refractivity contribution is 0.122. The van der Waals surface area contributed by atoms with Crippen LogP contribution in [0.5, 0.6) is 0 Å². The second kappa shape index (κ2) is 6.76. The summed E-state index contributed by atoms with van der Waals surface area (Å²) in [5.41, 5.74) is 4.35. The number of aryl methyl sites for hydroxylation is 1. The van der Waals surface area contributed by atoms with E-state index < -0.39 is 0 Å². The first kappa shape index (κ1) is 14.8. The Morgan fingerprint density at radius 2 is 1.65 bits per heavy atom. The van der Waals surface area contributed by atoms with E-state index in [0.29, 0.717) is 0 Å². The van der Waals surface area contributed by atoms with E-state index in [9.17, 15) is 0 Å². The Morgan fingerprint density at radius 1 is 0.913 bits per heavy atom. The summed E-state index contributed by atoms with van der Waals surface area (Å²) in [5, 5.41) is 0. The van der Waals surface area contributed by atoms with Crippen LogP contribution < -0.4 is 4.90 Å². The Morgan fingerprint density at radius 3 is 2.39 bits per heavy atom. The average Bonchev–Trinajstić information content (AvgIpc) is 3.41. The summed E-state index contributed by atoms with van der Waals surface area (Å²) >= 11 is 0. The molecule has 0 N–H and O–H groups in total. The van der Waals surface area contributed by atoms with Gasteiger partial charge in [0.25, 0.3) is 0 Å². The number of ether oxygens (including phenoxy) is 1. The van der Waals surface area contributed by atoms with Crippen molar-refractivity contribution in [1.82, 2.24) is 0 Å². The molecule has 2 aromatic carbocycles. The summed E-state index contributed by atoms with van der Waals surface area (Å²) in [4.78, 5) is 2.42. The Labute approximate surface area is 139 Å². The maximum absolute atomic E-state index is 5.43. The molecule has 2 fully saturated rings. The predicted molar refractivity (Wildman–Crippen MR) is 95.1 cm³/mol. The van der Waals surface area contributed by atoms with Crippen LogP contribution in [0.4, 0.5) is 5.69 Å². The number of nitrogens with zero attached hydrogens (tertiary/aromatic N) is 1. The molecule has 0 unspecified atom stereocenters. The number of anilines is 1. The molecule has 2 heteroatoms. The van der Waals surface area contributed by atoms with Crippen molar-refractivity contribution in [2.75, 3.05) is 31.2 Å². The molecular weight excluding hydrogens is 282 g/mol. The Balaban J connectivity index is 1.31. The second-order valence-corrected chi connectivity index (χ2v) is 6.82. The van der Waals surface area contributed by atoms with Crippen LogP contribution in [0.3, 0.4) is 0 Å². The van der Waals surface area contributed by atoms with Crippen molar-refractivity contribution in [1.29, 1.82) is 0 Å². The Kier molecular flexibility index (Phi) is 4.34. The molecule has 0 aromatic heterocycles. The summed E-state index contributed by atoms with van der Waals surface area (Å²) in [6, 6.07) is 20.2. The smallest absolute Gasteiger partial charge is 0.0642 e. The minimum atomic E-state index is 0.789. The van der Waals surface area contributed by atoms with Crippen molar-refractivity contribution in [3.63, 3.8) is 0 Å². The van der Waals surface area contributed by atoms with E-state index >= 15 is 0 Å². The number of benzene rings is 2. The number of hydrogen-bond donors (Lipinski definition) is 0. The number of hydrogen-bond acceptors (Lipinski definition) is 2. The fourth-order valence-electron chi connectivity index (χ4n) is 3.73. The highest BCUT2D eigenvalue weighted by Crippen LogP contribution is 2.50. The third kappa shape index (κ3) is 3.59. The van der Waals surface area contributed by atoms with Crippen molar-refractivity contribution in [2.24, 2.45) is 5.92 Å². The molecule has 23 heavy (non-hydrogen) atoms. The molecule has 2 atom stereocenters. The normalized spacial score (nSPS) is 23.7. The molecule has 0 radical (unpaired) electrons. The molecule has 1 aliphatic heterocycles. The van der Waals surface area contributed by atoms with Crippen LogP contribution in [-0.4, -0.2) is 26.3 Å². The van der Waals surface area contributed by atoms with Crippen molar-refractivity contribution in [2.45, 2.75) is 25.2 Å². The molecule has 2 aliphatic rings. The summed E-state index contributed by atoms with van der Waals surface area (Å²) < 4.78 is 5.43. The topological polar surface area (TPSA) is 12.5 Å². The SMILES string of the molecule is c1ccc(CC[C@H]2C[C@@H]2c2ccc(N3CCOCC3)cc2)cc1. The van der Waals surface area contributed by atoms with Gasteiger partial charge in [-0.1, -0.05) is 42.5 Å². The van der Waals surface area contributed by atoms with Gasteiger partial charge < -0.3 is 9.64 Å². The van der Waals surface area contributed by atoms with Gasteiger partial charge in [-0.15, -0.1) is 0 Å². The maximum Gasteiger partial charge on any atom is 0.0642 e. The van der Waals surface area contributed by atoms with E-state index in [1.54, 1.807) is 0 Å². The highest BCUT2D eigenvalue weighted by molar-refractivity contribution is 5.49. The first-order valence-electron chi connectivity index (χ1n) is 8.87. The highest BCUT2D eigenvalue weighted by Gasteiger charge is 2.37. The molecule has 2 nitrogen and oxygen atoms in total. The number of rotatable bonds is 5. The van der Waals surface area contributed by atoms with Crippen LogP contribution in [-0.2, 0) is 11.2 Å². The van der Waals surface area contributed by atoms with Gasteiger partial charge in [0.05, 0.1) is 13.2 Å². The second-order valence-electron chi connectivity index (χ2n) is 6.82. The molecule has 0 amide bonds. The highest BCUT2D eigenvalue weighted by atomic mass is 16.5. The van der Waals surface area contributed by atoms with E-state index in [2.05, 4.69) is 59.5 Å². The third-order valence-corrected chi connectivity index (χ3v) is 5.27. The van der Waals surface area contributed by atoms with Crippen molar-refractivity contribution in [3.05, 3.63) is 65.7 Å². The zero-order chi connectivity index (χ0) is 15.5. The lowest BCUT2D eigenvalue weighted by Crippen LogP contribution is -2.36. The number of morpholine rings is 1. The van der Waals surface area contributed by atoms with E-state index in [1.165, 1.54) is 36.1 Å². The van der Waals surface area contributed by atoms with Gasteiger partial charge >= 0.3 is 0 Å².